The van der Waals surface area contributed by atoms with Crippen molar-refractivity contribution in [3.63, 3.8) is 0 Å². The zero-order valence-electron chi connectivity index (χ0n) is 13.7. The molecule has 1 aliphatic rings. The van der Waals surface area contributed by atoms with Crippen molar-refractivity contribution in [1.29, 1.82) is 0 Å². The lowest BCUT2D eigenvalue weighted by molar-refractivity contribution is 0.231. The largest absolute Gasteiger partial charge is 0.341 e. The van der Waals surface area contributed by atoms with E-state index in [0.29, 0.717) is 0 Å². The Bertz CT molecular complexity index is 643. The summed E-state index contributed by atoms with van der Waals surface area (Å²) in [6, 6.07) is 5.62. The van der Waals surface area contributed by atoms with Crippen LogP contribution in [0.3, 0.4) is 0 Å². The second kappa shape index (κ2) is 7.72. The number of carbonyl (C=O) groups excluding carboxylic acids is 1. The summed E-state index contributed by atoms with van der Waals surface area (Å²) in [6.07, 6.45) is 8.73. The second-order valence-electron chi connectivity index (χ2n) is 5.93. The van der Waals surface area contributed by atoms with E-state index in [1.807, 2.05) is 25.1 Å². The van der Waals surface area contributed by atoms with Crippen LogP contribution in [0.1, 0.15) is 31.4 Å². The summed E-state index contributed by atoms with van der Waals surface area (Å²) in [4.78, 5) is 26.9. The predicted octanol–water partition coefficient (Wildman–Crippen LogP) is 1.90. The van der Waals surface area contributed by atoms with Crippen LogP contribution >= 0.6 is 0 Å². The van der Waals surface area contributed by atoms with Crippen molar-refractivity contribution < 1.29 is 4.79 Å². The molecule has 1 atom stereocenters. The Hall–Kier alpha value is -2.70. The highest BCUT2D eigenvalue weighted by Gasteiger charge is 2.22. The number of anilines is 1. The first-order chi connectivity index (χ1) is 11.7. The van der Waals surface area contributed by atoms with Crippen LogP contribution in [0, 0.1) is 0 Å². The van der Waals surface area contributed by atoms with Crippen molar-refractivity contribution in [3.8, 4) is 0 Å². The van der Waals surface area contributed by atoms with Gasteiger partial charge in [-0.1, -0.05) is 0 Å². The molecule has 0 unspecified atom stereocenters. The van der Waals surface area contributed by atoms with Gasteiger partial charge in [0, 0.05) is 43.9 Å². The molecule has 7 nitrogen and oxygen atoms in total. The SMILES string of the molecule is C[C@@H](NC(=O)NC1CCN(c2ncccn2)CC1)c1ccncc1. The minimum atomic E-state index is -0.131. The van der Waals surface area contributed by atoms with Crippen LogP contribution in [-0.2, 0) is 0 Å². The number of aromatic nitrogens is 3. The fraction of sp³-hybridized carbons (Fsp3) is 0.412. The maximum Gasteiger partial charge on any atom is 0.315 e. The topological polar surface area (TPSA) is 83.0 Å². The van der Waals surface area contributed by atoms with E-state index in [4.69, 9.17) is 0 Å². The molecule has 1 aliphatic heterocycles. The van der Waals surface area contributed by atoms with Gasteiger partial charge >= 0.3 is 6.03 Å². The highest BCUT2D eigenvalue weighted by molar-refractivity contribution is 5.74. The van der Waals surface area contributed by atoms with E-state index in [1.54, 1.807) is 24.8 Å². The van der Waals surface area contributed by atoms with Gasteiger partial charge in [-0.2, -0.15) is 0 Å². The third-order valence-corrected chi connectivity index (χ3v) is 4.22. The van der Waals surface area contributed by atoms with Crippen molar-refractivity contribution in [2.45, 2.75) is 31.8 Å². The molecule has 0 aromatic carbocycles. The first-order valence-corrected chi connectivity index (χ1v) is 8.21. The molecule has 0 aliphatic carbocycles. The average Bonchev–Trinajstić information content (AvgIpc) is 2.64. The Labute approximate surface area is 141 Å². The van der Waals surface area contributed by atoms with Crippen LogP contribution < -0.4 is 15.5 Å². The Kier molecular flexibility index (Phi) is 5.20. The lowest BCUT2D eigenvalue weighted by Gasteiger charge is -2.32. The molecule has 7 heteroatoms. The summed E-state index contributed by atoms with van der Waals surface area (Å²) in [6.45, 7) is 3.65. The fourth-order valence-electron chi connectivity index (χ4n) is 2.84. The number of rotatable bonds is 4. The van der Waals surface area contributed by atoms with Crippen molar-refractivity contribution >= 4 is 12.0 Å². The number of pyridine rings is 1. The van der Waals surface area contributed by atoms with Crippen LogP contribution in [0.15, 0.2) is 43.0 Å². The van der Waals surface area contributed by atoms with Crippen LogP contribution in [0.5, 0.6) is 0 Å². The number of nitrogens with one attached hydrogen (secondary N) is 2. The molecule has 3 rings (SSSR count). The van der Waals surface area contributed by atoms with E-state index < -0.39 is 0 Å². The Balaban J connectivity index is 1.45. The standard InChI is InChI=1S/C17H22N6O/c1-13(14-3-9-18-10-4-14)21-17(24)22-15-5-11-23(12-6-15)16-19-7-2-8-20-16/h2-4,7-10,13,15H,5-6,11-12H2,1H3,(H2,21,22,24)/t13-/m1/s1. The minimum Gasteiger partial charge on any atom is -0.341 e. The lowest BCUT2D eigenvalue weighted by Crippen LogP contribution is -2.48. The van der Waals surface area contributed by atoms with E-state index in [1.165, 1.54) is 0 Å². The number of hydrogen-bond acceptors (Lipinski definition) is 5. The van der Waals surface area contributed by atoms with Gasteiger partial charge in [0.2, 0.25) is 5.95 Å². The Morgan fingerprint density at radius 1 is 1.17 bits per heavy atom. The average molecular weight is 326 g/mol. The molecule has 24 heavy (non-hydrogen) atoms. The maximum absolute atomic E-state index is 12.2. The number of urea groups is 1. The summed E-state index contributed by atoms with van der Waals surface area (Å²) in [5.74, 6) is 0.756. The molecule has 0 bridgehead atoms. The van der Waals surface area contributed by atoms with Gasteiger partial charge < -0.3 is 15.5 Å². The molecule has 1 saturated heterocycles. The normalized spacial score (nSPS) is 16.5. The third kappa shape index (κ3) is 4.18. The second-order valence-corrected chi connectivity index (χ2v) is 5.93. The Morgan fingerprint density at radius 2 is 1.83 bits per heavy atom. The lowest BCUT2D eigenvalue weighted by atomic mass is 10.1. The predicted molar refractivity (Wildman–Crippen MR) is 91.6 cm³/mol. The quantitative estimate of drug-likeness (QED) is 0.896. The molecule has 2 N–H and O–H groups in total. The van der Waals surface area contributed by atoms with E-state index in [9.17, 15) is 4.79 Å². The van der Waals surface area contributed by atoms with Gasteiger partial charge in [-0.05, 0) is 43.5 Å². The van der Waals surface area contributed by atoms with Gasteiger partial charge in [0.25, 0.3) is 0 Å². The van der Waals surface area contributed by atoms with Crippen molar-refractivity contribution in [3.05, 3.63) is 48.5 Å². The molecule has 0 spiro atoms. The third-order valence-electron chi connectivity index (χ3n) is 4.22. The summed E-state index contributed by atoms with van der Waals surface area (Å²) >= 11 is 0. The van der Waals surface area contributed by atoms with Gasteiger partial charge in [-0.15, -0.1) is 0 Å². The van der Waals surface area contributed by atoms with Gasteiger partial charge in [0.15, 0.2) is 0 Å². The van der Waals surface area contributed by atoms with Gasteiger partial charge in [0.1, 0.15) is 0 Å². The van der Waals surface area contributed by atoms with E-state index in [2.05, 4.69) is 30.5 Å². The minimum absolute atomic E-state index is 0.0502. The molecule has 2 amide bonds. The molecule has 0 saturated carbocycles. The fourth-order valence-corrected chi connectivity index (χ4v) is 2.84. The molecule has 1 fully saturated rings. The van der Waals surface area contributed by atoms with Crippen LogP contribution in [0.2, 0.25) is 0 Å². The van der Waals surface area contributed by atoms with Gasteiger partial charge in [-0.25, -0.2) is 14.8 Å². The van der Waals surface area contributed by atoms with E-state index in [0.717, 1.165) is 37.4 Å². The highest BCUT2D eigenvalue weighted by atomic mass is 16.2. The molecule has 0 radical (unpaired) electrons. The zero-order chi connectivity index (χ0) is 16.8. The summed E-state index contributed by atoms with van der Waals surface area (Å²) in [7, 11) is 0. The van der Waals surface area contributed by atoms with Gasteiger partial charge in [0.05, 0.1) is 6.04 Å². The zero-order valence-corrected chi connectivity index (χ0v) is 13.7. The first kappa shape index (κ1) is 16.2. The monoisotopic (exact) mass is 326 g/mol. The van der Waals surface area contributed by atoms with Crippen molar-refractivity contribution in [2.75, 3.05) is 18.0 Å². The summed E-state index contributed by atoms with van der Waals surface area (Å²) in [5.41, 5.74) is 1.04. The number of amides is 2. The number of carbonyl (C=O) groups is 1. The number of piperidine rings is 1. The molecule has 3 heterocycles. The Morgan fingerprint density at radius 3 is 2.50 bits per heavy atom. The molecule has 126 valence electrons. The molecule has 2 aromatic heterocycles. The highest BCUT2D eigenvalue weighted by Crippen LogP contribution is 2.15. The van der Waals surface area contributed by atoms with Crippen LogP contribution in [0.4, 0.5) is 10.7 Å². The van der Waals surface area contributed by atoms with Gasteiger partial charge in [-0.3, -0.25) is 4.98 Å². The summed E-state index contributed by atoms with van der Waals surface area (Å²) < 4.78 is 0. The molecular weight excluding hydrogens is 304 g/mol. The molecular formula is C17H22N6O. The smallest absolute Gasteiger partial charge is 0.315 e. The van der Waals surface area contributed by atoms with Crippen molar-refractivity contribution in [1.82, 2.24) is 25.6 Å². The van der Waals surface area contributed by atoms with Crippen LogP contribution in [0.25, 0.3) is 0 Å². The van der Waals surface area contributed by atoms with Crippen molar-refractivity contribution in [2.24, 2.45) is 0 Å². The number of hydrogen-bond donors (Lipinski definition) is 2. The van der Waals surface area contributed by atoms with Crippen LogP contribution in [-0.4, -0.2) is 40.1 Å². The maximum atomic E-state index is 12.2. The first-order valence-electron chi connectivity index (χ1n) is 8.21. The van der Waals surface area contributed by atoms with E-state index >= 15 is 0 Å². The molecule has 2 aromatic rings. The number of nitrogens with zero attached hydrogens (tertiary/aromatic N) is 4. The van der Waals surface area contributed by atoms with E-state index in [-0.39, 0.29) is 18.1 Å². The summed E-state index contributed by atoms with van der Waals surface area (Å²) in [5, 5.41) is 6.03.